The lowest BCUT2D eigenvalue weighted by molar-refractivity contribution is -0.153. The molecule has 0 aromatic heterocycles. The van der Waals surface area contributed by atoms with Crippen LogP contribution >= 0.6 is 0 Å². The lowest BCUT2D eigenvalue weighted by Gasteiger charge is -2.22. The molecular weight excluding hydrogens is 160 g/mol. The van der Waals surface area contributed by atoms with E-state index in [0.29, 0.717) is 0 Å². The molecule has 0 radical (unpaired) electrons. The lowest BCUT2D eigenvalue weighted by atomic mass is 9.91. The molecule has 0 amide bonds. The highest BCUT2D eigenvalue weighted by molar-refractivity contribution is 5.84. The van der Waals surface area contributed by atoms with Crippen molar-refractivity contribution in [2.45, 2.75) is 25.9 Å². The van der Waals surface area contributed by atoms with Gasteiger partial charge < -0.3 is 9.47 Å². The summed E-state index contributed by atoms with van der Waals surface area (Å²) in [5.41, 5.74) is -0.718. The molecular formula is C8H12O4. The van der Waals surface area contributed by atoms with E-state index in [2.05, 4.69) is 4.74 Å². The SMILES string of the molecule is COC(=O)C1CC(=O)OC1(C)C. The summed E-state index contributed by atoms with van der Waals surface area (Å²) in [7, 11) is 1.31. The van der Waals surface area contributed by atoms with E-state index in [4.69, 9.17) is 4.74 Å². The Morgan fingerprint density at radius 3 is 2.58 bits per heavy atom. The Morgan fingerprint density at radius 1 is 1.67 bits per heavy atom. The summed E-state index contributed by atoms with van der Waals surface area (Å²) < 4.78 is 9.49. The molecule has 0 aromatic rings. The molecule has 1 aliphatic heterocycles. The number of ether oxygens (including phenoxy) is 2. The van der Waals surface area contributed by atoms with Gasteiger partial charge in [-0.3, -0.25) is 9.59 Å². The summed E-state index contributed by atoms with van der Waals surface area (Å²) in [5, 5.41) is 0. The number of rotatable bonds is 1. The van der Waals surface area contributed by atoms with Gasteiger partial charge in [-0.05, 0) is 13.8 Å². The molecule has 4 nitrogen and oxygen atoms in total. The molecule has 1 unspecified atom stereocenters. The Labute approximate surface area is 70.8 Å². The van der Waals surface area contributed by atoms with E-state index in [-0.39, 0.29) is 18.4 Å². The summed E-state index contributed by atoms with van der Waals surface area (Å²) in [6, 6.07) is 0. The van der Waals surface area contributed by atoms with E-state index in [1.54, 1.807) is 13.8 Å². The van der Waals surface area contributed by atoms with Crippen LogP contribution in [0.25, 0.3) is 0 Å². The number of hydrogen-bond donors (Lipinski definition) is 0. The first-order chi connectivity index (χ1) is 5.47. The van der Waals surface area contributed by atoms with Crippen molar-refractivity contribution < 1.29 is 19.1 Å². The maximum atomic E-state index is 11.1. The second kappa shape index (κ2) is 2.77. The van der Waals surface area contributed by atoms with Crippen molar-refractivity contribution in [3.05, 3.63) is 0 Å². The minimum Gasteiger partial charge on any atom is -0.469 e. The third-order valence-electron chi connectivity index (χ3n) is 2.07. The predicted octanol–water partition coefficient (Wildman–Crippen LogP) is 0.501. The Morgan fingerprint density at radius 2 is 2.25 bits per heavy atom. The van der Waals surface area contributed by atoms with Gasteiger partial charge in [0.15, 0.2) is 0 Å². The number of carbonyl (C=O) groups is 2. The third-order valence-corrected chi connectivity index (χ3v) is 2.07. The van der Waals surface area contributed by atoms with Crippen LogP contribution in [0.3, 0.4) is 0 Å². The highest BCUT2D eigenvalue weighted by atomic mass is 16.6. The molecule has 1 rings (SSSR count). The van der Waals surface area contributed by atoms with E-state index in [1.165, 1.54) is 7.11 Å². The van der Waals surface area contributed by atoms with Crippen LogP contribution in [0.5, 0.6) is 0 Å². The molecule has 0 spiro atoms. The average molecular weight is 172 g/mol. The van der Waals surface area contributed by atoms with Gasteiger partial charge in [-0.1, -0.05) is 0 Å². The minimum absolute atomic E-state index is 0.125. The molecule has 1 saturated heterocycles. The second-order valence-corrected chi connectivity index (χ2v) is 3.36. The highest BCUT2D eigenvalue weighted by Gasteiger charge is 2.46. The Kier molecular flexibility index (Phi) is 2.08. The minimum atomic E-state index is -0.718. The van der Waals surface area contributed by atoms with Crippen molar-refractivity contribution in [2.24, 2.45) is 5.92 Å². The molecule has 0 bridgehead atoms. The summed E-state index contributed by atoms with van der Waals surface area (Å²) in [6.07, 6.45) is 0.125. The highest BCUT2D eigenvalue weighted by Crippen LogP contribution is 2.32. The number of hydrogen-bond acceptors (Lipinski definition) is 4. The summed E-state index contributed by atoms with van der Waals surface area (Å²) in [5.74, 6) is -1.18. The average Bonchev–Trinajstić information content (AvgIpc) is 2.23. The van der Waals surface area contributed by atoms with Crippen LogP contribution in [0.4, 0.5) is 0 Å². The van der Waals surface area contributed by atoms with Gasteiger partial charge >= 0.3 is 11.9 Å². The zero-order chi connectivity index (χ0) is 9.35. The topological polar surface area (TPSA) is 52.6 Å². The summed E-state index contributed by atoms with van der Waals surface area (Å²) in [4.78, 5) is 22.0. The number of cyclic esters (lactones) is 1. The van der Waals surface area contributed by atoms with Crippen LogP contribution in [-0.4, -0.2) is 24.6 Å². The van der Waals surface area contributed by atoms with Gasteiger partial charge in [0.25, 0.3) is 0 Å². The largest absolute Gasteiger partial charge is 0.469 e. The normalized spacial score (nSPS) is 26.6. The van der Waals surface area contributed by atoms with Crippen LogP contribution in [0, 0.1) is 5.92 Å². The van der Waals surface area contributed by atoms with Gasteiger partial charge in [0.2, 0.25) is 0 Å². The van der Waals surface area contributed by atoms with Gasteiger partial charge in [0, 0.05) is 0 Å². The molecule has 0 saturated carbocycles. The zero-order valence-corrected chi connectivity index (χ0v) is 7.42. The molecule has 68 valence electrons. The molecule has 1 fully saturated rings. The van der Waals surface area contributed by atoms with Crippen molar-refractivity contribution in [3.63, 3.8) is 0 Å². The van der Waals surface area contributed by atoms with Crippen LogP contribution in [0.1, 0.15) is 20.3 Å². The van der Waals surface area contributed by atoms with Crippen LogP contribution in [0.2, 0.25) is 0 Å². The third kappa shape index (κ3) is 1.42. The summed E-state index contributed by atoms with van der Waals surface area (Å²) >= 11 is 0. The van der Waals surface area contributed by atoms with E-state index < -0.39 is 11.5 Å². The van der Waals surface area contributed by atoms with Gasteiger partial charge in [-0.15, -0.1) is 0 Å². The van der Waals surface area contributed by atoms with Crippen LogP contribution < -0.4 is 0 Å². The van der Waals surface area contributed by atoms with Crippen molar-refractivity contribution in [3.8, 4) is 0 Å². The smallest absolute Gasteiger partial charge is 0.313 e. The fourth-order valence-corrected chi connectivity index (χ4v) is 1.33. The molecule has 12 heavy (non-hydrogen) atoms. The zero-order valence-electron chi connectivity index (χ0n) is 7.42. The van der Waals surface area contributed by atoms with Crippen LogP contribution in [-0.2, 0) is 19.1 Å². The number of carbonyl (C=O) groups excluding carboxylic acids is 2. The van der Waals surface area contributed by atoms with Crippen LogP contribution in [0.15, 0.2) is 0 Å². The van der Waals surface area contributed by atoms with Crippen molar-refractivity contribution in [2.75, 3.05) is 7.11 Å². The standard InChI is InChI=1S/C8H12O4/c1-8(2)5(7(10)11-3)4-6(9)12-8/h5H,4H2,1-3H3. The first-order valence-electron chi connectivity index (χ1n) is 3.77. The van der Waals surface area contributed by atoms with Gasteiger partial charge in [-0.25, -0.2) is 0 Å². The Hall–Kier alpha value is -1.06. The first kappa shape index (κ1) is 9.03. The Balaban J connectivity index is 2.78. The van der Waals surface area contributed by atoms with Gasteiger partial charge in [0.05, 0.1) is 13.5 Å². The van der Waals surface area contributed by atoms with Crippen molar-refractivity contribution in [1.29, 1.82) is 0 Å². The van der Waals surface area contributed by atoms with Gasteiger partial charge in [0.1, 0.15) is 11.5 Å². The maximum Gasteiger partial charge on any atom is 0.313 e. The van der Waals surface area contributed by atoms with Crippen molar-refractivity contribution >= 4 is 11.9 Å². The lowest BCUT2D eigenvalue weighted by Crippen LogP contribution is -2.33. The quantitative estimate of drug-likeness (QED) is 0.540. The van der Waals surface area contributed by atoms with E-state index in [9.17, 15) is 9.59 Å². The van der Waals surface area contributed by atoms with E-state index >= 15 is 0 Å². The molecule has 4 heteroatoms. The fraction of sp³-hybridized carbons (Fsp3) is 0.750. The second-order valence-electron chi connectivity index (χ2n) is 3.36. The van der Waals surface area contributed by atoms with E-state index in [0.717, 1.165) is 0 Å². The fourth-order valence-electron chi connectivity index (χ4n) is 1.33. The van der Waals surface area contributed by atoms with Gasteiger partial charge in [-0.2, -0.15) is 0 Å². The number of esters is 2. The maximum absolute atomic E-state index is 11.1. The molecule has 0 aliphatic carbocycles. The predicted molar refractivity (Wildman–Crippen MR) is 40.3 cm³/mol. The monoisotopic (exact) mass is 172 g/mol. The first-order valence-corrected chi connectivity index (χ1v) is 3.77. The van der Waals surface area contributed by atoms with Crippen molar-refractivity contribution in [1.82, 2.24) is 0 Å². The molecule has 0 N–H and O–H groups in total. The molecule has 0 aromatic carbocycles. The molecule has 1 aliphatic rings. The molecule has 1 atom stereocenters. The number of methoxy groups -OCH3 is 1. The molecule has 1 heterocycles. The summed E-state index contributed by atoms with van der Waals surface area (Å²) in [6.45, 7) is 3.42. The van der Waals surface area contributed by atoms with E-state index in [1.807, 2.05) is 0 Å². The Bertz CT molecular complexity index is 219.